The Bertz CT molecular complexity index is 747. The minimum Gasteiger partial charge on any atom is -0.271 e. The normalized spacial score (nSPS) is 19.6. The molecule has 1 fully saturated rings. The van der Waals surface area contributed by atoms with Gasteiger partial charge in [0.05, 0.1) is 11.1 Å². The van der Waals surface area contributed by atoms with E-state index in [9.17, 15) is 18.0 Å². The van der Waals surface area contributed by atoms with E-state index < -0.39 is 10.2 Å². The van der Waals surface area contributed by atoms with Gasteiger partial charge in [-0.15, -0.1) is 6.58 Å². The fourth-order valence-electron chi connectivity index (χ4n) is 3.14. The molecule has 1 saturated heterocycles. The van der Waals surface area contributed by atoms with Crippen molar-refractivity contribution in [2.75, 3.05) is 19.6 Å². The van der Waals surface area contributed by atoms with Crippen LogP contribution in [0.1, 0.15) is 33.6 Å². The Balaban J connectivity index is 1.69. The summed E-state index contributed by atoms with van der Waals surface area (Å²) in [6, 6.07) is 6.48. The topological polar surface area (TPSA) is 86.8 Å². The molecule has 0 aliphatic carbocycles. The Morgan fingerprint density at radius 1 is 1.12 bits per heavy atom. The number of carbonyl (C=O) groups excluding carboxylic acids is 2. The lowest BCUT2D eigenvalue weighted by molar-refractivity contribution is 0.0536. The molecular weight excluding hydrogens is 330 g/mol. The van der Waals surface area contributed by atoms with E-state index in [2.05, 4.69) is 11.3 Å². The van der Waals surface area contributed by atoms with E-state index in [1.165, 1.54) is 15.3 Å². The van der Waals surface area contributed by atoms with Crippen molar-refractivity contribution in [3.8, 4) is 0 Å². The fourth-order valence-corrected chi connectivity index (χ4v) is 4.34. The minimum atomic E-state index is -3.55. The number of nitrogens with zero attached hydrogens (tertiary/aromatic N) is 2. The van der Waals surface area contributed by atoms with Crippen molar-refractivity contribution in [1.29, 1.82) is 0 Å². The van der Waals surface area contributed by atoms with Crippen molar-refractivity contribution in [1.82, 2.24) is 13.9 Å². The molecule has 1 aromatic carbocycles. The zero-order valence-electron chi connectivity index (χ0n) is 13.1. The van der Waals surface area contributed by atoms with Crippen molar-refractivity contribution >= 4 is 22.0 Å². The number of fused-ring (bicyclic) bond motifs is 1. The smallest absolute Gasteiger partial charge is 0.271 e. The van der Waals surface area contributed by atoms with Crippen LogP contribution in [0.15, 0.2) is 36.9 Å². The second-order valence-electron chi connectivity index (χ2n) is 5.80. The summed E-state index contributed by atoms with van der Waals surface area (Å²) in [5.41, 5.74) is 0.843. The lowest BCUT2D eigenvalue weighted by atomic mass is 10.1. The number of amides is 2. The van der Waals surface area contributed by atoms with Crippen molar-refractivity contribution in [2.45, 2.75) is 18.9 Å². The average Bonchev–Trinajstić information content (AvgIpc) is 2.85. The predicted octanol–water partition coefficient (Wildman–Crippen LogP) is 0.767. The van der Waals surface area contributed by atoms with E-state index in [1.807, 2.05) is 0 Å². The molecule has 2 amide bonds. The Morgan fingerprint density at radius 2 is 1.67 bits per heavy atom. The average molecular weight is 349 g/mol. The molecule has 0 atom stereocenters. The molecule has 1 N–H and O–H groups in total. The lowest BCUT2D eigenvalue weighted by Crippen LogP contribution is -2.51. The van der Waals surface area contributed by atoms with E-state index in [4.69, 9.17) is 0 Å². The van der Waals surface area contributed by atoms with Gasteiger partial charge in [-0.1, -0.05) is 18.2 Å². The number of hydrogen-bond acceptors (Lipinski definition) is 4. The van der Waals surface area contributed by atoms with E-state index >= 15 is 0 Å². The SMILES string of the molecule is C=CCNS(=O)(=O)N1CCC(N2C(=O)c3ccccc3C2=O)CC1. The molecule has 8 heteroatoms. The number of piperidine rings is 1. The first-order valence-corrected chi connectivity index (χ1v) is 9.22. The summed E-state index contributed by atoms with van der Waals surface area (Å²) in [6.45, 7) is 4.19. The van der Waals surface area contributed by atoms with Crippen LogP contribution in [0, 0.1) is 0 Å². The van der Waals surface area contributed by atoms with Crippen LogP contribution in [0.4, 0.5) is 0 Å². The molecule has 0 bridgehead atoms. The number of imide groups is 1. The molecule has 2 aliphatic rings. The van der Waals surface area contributed by atoms with Crippen LogP contribution in [0.25, 0.3) is 0 Å². The third kappa shape index (κ3) is 2.88. The predicted molar refractivity (Wildman–Crippen MR) is 88.7 cm³/mol. The standard InChI is InChI=1S/C16H19N3O4S/c1-2-9-17-24(22,23)18-10-7-12(8-11-18)19-15(20)13-5-3-4-6-14(13)16(19)21/h2-6,12,17H,1,7-11H2. The summed E-state index contributed by atoms with van der Waals surface area (Å²) < 4.78 is 28.0. The van der Waals surface area contributed by atoms with Crippen LogP contribution in [-0.2, 0) is 10.2 Å². The van der Waals surface area contributed by atoms with E-state index in [-0.39, 0.29) is 37.5 Å². The second kappa shape index (κ2) is 6.46. The molecule has 0 radical (unpaired) electrons. The van der Waals surface area contributed by atoms with Gasteiger partial charge in [-0.25, -0.2) is 0 Å². The maximum Gasteiger partial charge on any atom is 0.279 e. The van der Waals surface area contributed by atoms with Gasteiger partial charge < -0.3 is 0 Å². The van der Waals surface area contributed by atoms with E-state index in [0.717, 1.165) is 0 Å². The zero-order valence-corrected chi connectivity index (χ0v) is 14.0. The summed E-state index contributed by atoms with van der Waals surface area (Å²) in [5, 5.41) is 0. The summed E-state index contributed by atoms with van der Waals surface area (Å²) in [6.07, 6.45) is 2.34. The van der Waals surface area contributed by atoms with Crippen LogP contribution in [0.2, 0.25) is 0 Å². The molecule has 1 aromatic rings. The largest absolute Gasteiger partial charge is 0.279 e. The lowest BCUT2D eigenvalue weighted by Gasteiger charge is -2.34. The van der Waals surface area contributed by atoms with Gasteiger partial charge in [0.15, 0.2) is 0 Å². The van der Waals surface area contributed by atoms with Gasteiger partial charge in [-0.05, 0) is 25.0 Å². The molecule has 3 rings (SSSR count). The van der Waals surface area contributed by atoms with Crippen LogP contribution < -0.4 is 4.72 Å². The van der Waals surface area contributed by atoms with Gasteiger partial charge in [0.2, 0.25) is 0 Å². The Labute approximate surface area is 141 Å². The summed E-state index contributed by atoms with van der Waals surface area (Å²) in [7, 11) is -3.55. The highest BCUT2D eigenvalue weighted by Crippen LogP contribution is 2.28. The molecule has 0 aromatic heterocycles. The monoisotopic (exact) mass is 349 g/mol. The zero-order chi connectivity index (χ0) is 17.3. The van der Waals surface area contributed by atoms with Crippen molar-refractivity contribution in [3.05, 3.63) is 48.0 Å². The highest BCUT2D eigenvalue weighted by Gasteiger charge is 2.41. The van der Waals surface area contributed by atoms with Gasteiger partial charge in [0.1, 0.15) is 0 Å². The molecule has 7 nitrogen and oxygen atoms in total. The highest BCUT2D eigenvalue weighted by molar-refractivity contribution is 7.87. The van der Waals surface area contributed by atoms with Crippen molar-refractivity contribution < 1.29 is 18.0 Å². The molecule has 2 heterocycles. The quantitative estimate of drug-likeness (QED) is 0.628. The van der Waals surface area contributed by atoms with Crippen LogP contribution in [0.5, 0.6) is 0 Å². The van der Waals surface area contributed by atoms with Crippen LogP contribution in [0.3, 0.4) is 0 Å². The molecule has 24 heavy (non-hydrogen) atoms. The molecular formula is C16H19N3O4S. The first-order chi connectivity index (χ1) is 11.5. The number of benzene rings is 1. The second-order valence-corrected chi connectivity index (χ2v) is 7.55. The van der Waals surface area contributed by atoms with Gasteiger partial charge in [0.25, 0.3) is 22.0 Å². The third-order valence-electron chi connectivity index (χ3n) is 4.36. The van der Waals surface area contributed by atoms with Gasteiger partial charge in [0, 0.05) is 25.7 Å². The Kier molecular flexibility index (Phi) is 4.53. The summed E-state index contributed by atoms with van der Waals surface area (Å²) in [4.78, 5) is 26.2. The molecule has 0 unspecified atom stereocenters. The first kappa shape index (κ1) is 16.8. The fraction of sp³-hybridized carbons (Fsp3) is 0.375. The Hall–Kier alpha value is -2.03. The number of nitrogens with one attached hydrogen (secondary N) is 1. The molecule has 128 valence electrons. The maximum absolute atomic E-state index is 12.5. The summed E-state index contributed by atoms with van der Waals surface area (Å²) in [5.74, 6) is -0.580. The molecule has 0 saturated carbocycles. The third-order valence-corrected chi connectivity index (χ3v) is 5.94. The van der Waals surface area contributed by atoms with Gasteiger partial charge >= 0.3 is 0 Å². The first-order valence-electron chi connectivity index (χ1n) is 7.78. The van der Waals surface area contributed by atoms with Crippen LogP contribution >= 0.6 is 0 Å². The highest BCUT2D eigenvalue weighted by atomic mass is 32.2. The van der Waals surface area contributed by atoms with Gasteiger partial charge in [-0.3, -0.25) is 14.5 Å². The van der Waals surface area contributed by atoms with E-state index in [1.54, 1.807) is 24.3 Å². The number of rotatable bonds is 5. The van der Waals surface area contributed by atoms with Crippen molar-refractivity contribution in [2.24, 2.45) is 0 Å². The van der Waals surface area contributed by atoms with Crippen LogP contribution in [-0.4, -0.2) is 55.1 Å². The maximum atomic E-state index is 12.5. The van der Waals surface area contributed by atoms with Crippen molar-refractivity contribution in [3.63, 3.8) is 0 Å². The number of carbonyl (C=O) groups is 2. The Morgan fingerprint density at radius 3 is 2.17 bits per heavy atom. The van der Waals surface area contributed by atoms with Gasteiger partial charge in [-0.2, -0.15) is 17.4 Å². The van der Waals surface area contributed by atoms with E-state index in [0.29, 0.717) is 24.0 Å². The minimum absolute atomic E-state index is 0.167. The summed E-state index contributed by atoms with van der Waals surface area (Å²) >= 11 is 0. The molecule has 0 spiro atoms. The number of hydrogen-bond donors (Lipinski definition) is 1. The molecule has 2 aliphatic heterocycles.